The molecular formula is C14H16N4S. The van der Waals surface area contributed by atoms with Crippen LogP contribution in [0.2, 0.25) is 0 Å². The molecule has 2 heterocycles. The fraction of sp³-hybridized carbons (Fsp3) is 0.286. The summed E-state index contributed by atoms with van der Waals surface area (Å²) in [7, 11) is 0. The molecule has 1 atom stereocenters. The van der Waals surface area contributed by atoms with Crippen LogP contribution in [0.25, 0.3) is 0 Å². The molecule has 0 saturated heterocycles. The highest BCUT2D eigenvalue weighted by Crippen LogP contribution is 2.33. The molecule has 1 N–H and O–H groups in total. The highest BCUT2D eigenvalue weighted by Gasteiger charge is 2.20. The van der Waals surface area contributed by atoms with Crippen LogP contribution >= 0.6 is 11.8 Å². The Morgan fingerprint density at radius 2 is 2.21 bits per heavy atom. The SMILES string of the molecule is c1ccc(C2CN=C(NCCn3ccnc3)S2)cc1. The molecule has 0 saturated carbocycles. The summed E-state index contributed by atoms with van der Waals surface area (Å²) in [5, 5.41) is 4.89. The number of aromatic nitrogens is 2. The van der Waals surface area contributed by atoms with Gasteiger partial charge in [-0.1, -0.05) is 42.1 Å². The highest BCUT2D eigenvalue weighted by molar-refractivity contribution is 8.14. The van der Waals surface area contributed by atoms with Gasteiger partial charge in [0.05, 0.1) is 18.1 Å². The van der Waals surface area contributed by atoms with Crippen molar-refractivity contribution >= 4 is 16.9 Å². The van der Waals surface area contributed by atoms with E-state index in [4.69, 9.17) is 0 Å². The van der Waals surface area contributed by atoms with E-state index in [9.17, 15) is 0 Å². The lowest BCUT2D eigenvalue weighted by Gasteiger charge is -2.09. The third-order valence-corrected chi connectivity index (χ3v) is 4.23. The number of hydrogen-bond donors (Lipinski definition) is 1. The molecule has 1 aliphatic rings. The summed E-state index contributed by atoms with van der Waals surface area (Å²) in [6.07, 6.45) is 5.60. The number of benzene rings is 1. The van der Waals surface area contributed by atoms with Crippen molar-refractivity contribution in [2.45, 2.75) is 11.8 Å². The first-order valence-corrected chi connectivity index (χ1v) is 7.25. The number of aliphatic imine (C=N–C) groups is 1. The lowest BCUT2D eigenvalue weighted by Crippen LogP contribution is -2.23. The largest absolute Gasteiger partial charge is 0.363 e. The van der Waals surface area contributed by atoms with Crippen molar-refractivity contribution in [2.75, 3.05) is 13.1 Å². The third-order valence-electron chi connectivity index (χ3n) is 3.03. The summed E-state index contributed by atoms with van der Waals surface area (Å²) in [4.78, 5) is 8.58. The van der Waals surface area contributed by atoms with Gasteiger partial charge in [0, 0.05) is 25.5 Å². The minimum absolute atomic E-state index is 0.456. The predicted molar refractivity (Wildman–Crippen MR) is 79.3 cm³/mol. The number of thioether (sulfide) groups is 1. The monoisotopic (exact) mass is 272 g/mol. The number of nitrogens with one attached hydrogen (secondary N) is 1. The second-order valence-corrected chi connectivity index (χ2v) is 5.58. The van der Waals surface area contributed by atoms with Crippen LogP contribution in [0, 0.1) is 0 Å². The van der Waals surface area contributed by atoms with Gasteiger partial charge >= 0.3 is 0 Å². The van der Waals surface area contributed by atoms with E-state index < -0.39 is 0 Å². The van der Waals surface area contributed by atoms with Gasteiger partial charge < -0.3 is 9.88 Å². The van der Waals surface area contributed by atoms with Gasteiger partial charge in [-0.3, -0.25) is 4.99 Å². The Kier molecular flexibility index (Phi) is 3.83. The number of amidine groups is 1. The molecule has 0 spiro atoms. The molecule has 1 aromatic carbocycles. The third kappa shape index (κ3) is 3.17. The zero-order chi connectivity index (χ0) is 12.9. The molecule has 1 unspecified atom stereocenters. The summed E-state index contributed by atoms with van der Waals surface area (Å²) in [6, 6.07) is 10.6. The van der Waals surface area contributed by atoms with Gasteiger partial charge in [0.15, 0.2) is 5.17 Å². The first kappa shape index (κ1) is 12.3. The molecule has 3 rings (SSSR count). The van der Waals surface area contributed by atoms with E-state index >= 15 is 0 Å². The van der Waals surface area contributed by atoms with Crippen molar-refractivity contribution < 1.29 is 0 Å². The molecule has 19 heavy (non-hydrogen) atoms. The molecule has 98 valence electrons. The Morgan fingerprint density at radius 3 is 3.00 bits per heavy atom. The van der Waals surface area contributed by atoms with E-state index in [2.05, 4.69) is 44.1 Å². The normalized spacial score (nSPS) is 18.3. The van der Waals surface area contributed by atoms with E-state index in [-0.39, 0.29) is 0 Å². The number of nitrogens with zero attached hydrogens (tertiary/aromatic N) is 3. The van der Waals surface area contributed by atoms with Crippen LogP contribution < -0.4 is 5.32 Å². The van der Waals surface area contributed by atoms with Crippen LogP contribution in [-0.2, 0) is 6.54 Å². The van der Waals surface area contributed by atoms with E-state index in [1.165, 1.54) is 5.56 Å². The van der Waals surface area contributed by atoms with Gasteiger partial charge in [-0.05, 0) is 5.56 Å². The second kappa shape index (κ2) is 5.93. The molecule has 0 aliphatic carbocycles. The number of imidazole rings is 1. The van der Waals surface area contributed by atoms with Crippen molar-refractivity contribution in [3.8, 4) is 0 Å². The lowest BCUT2D eigenvalue weighted by molar-refractivity contribution is 0.676. The average Bonchev–Trinajstić information content (AvgIpc) is 3.11. The van der Waals surface area contributed by atoms with Gasteiger partial charge in [0.25, 0.3) is 0 Å². The quantitative estimate of drug-likeness (QED) is 0.928. The van der Waals surface area contributed by atoms with Gasteiger partial charge in [0.1, 0.15) is 0 Å². The van der Waals surface area contributed by atoms with Crippen LogP contribution in [-0.4, -0.2) is 27.8 Å². The molecule has 0 bridgehead atoms. The number of hydrogen-bond acceptors (Lipinski definition) is 4. The molecule has 4 nitrogen and oxygen atoms in total. The maximum absolute atomic E-state index is 4.56. The van der Waals surface area contributed by atoms with Gasteiger partial charge in [-0.2, -0.15) is 0 Å². The van der Waals surface area contributed by atoms with Crippen molar-refractivity contribution in [1.82, 2.24) is 14.9 Å². The second-order valence-electron chi connectivity index (χ2n) is 4.39. The van der Waals surface area contributed by atoms with Crippen LogP contribution in [0.5, 0.6) is 0 Å². The molecule has 1 aromatic heterocycles. The highest BCUT2D eigenvalue weighted by atomic mass is 32.2. The van der Waals surface area contributed by atoms with Gasteiger partial charge in [0.2, 0.25) is 0 Å². The Hall–Kier alpha value is -1.75. The van der Waals surface area contributed by atoms with Crippen LogP contribution in [0.15, 0.2) is 54.0 Å². The van der Waals surface area contributed by atoms with Crippen molar-refractivity contribution in [3.63, 3.8) is 0 Å². The standard InChI is InChI=1S/C14H16N4S/c1-2-4-12(5-3-1)13-10-17-14(19-13)16-7-9-18-8-6-15-11-18/h1-6,8,11,13H,7,9-10H2,(H,16,17). The van der Waals surface area contributed by atoms with E-state index in [1.807, 2.05) is 30.4 Å². The summed E-state index contributed by atoms with van der Waals surface area (Å²) in [6.45, 7) is 2.65. The Labute approximate surface area is 117 Å². The van der Waals surface area contributed by atoms with Crippen molar-refractivity contribution in [1.29, 1.82) is 0 Å². The average molecular weight is 272 g/mol. The predicted octanol–water partition coefficient (Wildman–Crippen LogP) is 2.32. The first-order chi connectivity index (χ1) is 9.42. The number of rotatable bonds is 4. The van der Waals surface area contributed by atoms with Gasteiger partial charge in [-0.25, -0.2) is 4.98 Å². The molecular weight excluding hydrogens is 256 g/mol. The Balaban J connectivity index is 1.47. The van der Waals surface area contributed by atoms with E-state index in [0.717, 1.165) is 24.8 Å². The summed E-state index contributed by atoms with van der Waals surface area (Å²) in [5.41, 5.74) is 1.35. The Morgan fingerprint density at radius 1 is 1.32 bits per heavy atom. The minimum Gasteiger partial charge on any atom is -0.363 e. The topological polar surface area (TPSA) is 42.2 Å². The van der Waals surface area contributed by atoms with Crippen LogP contribution in [0.1, 0.15) is 10.8 Å². The van der Waals surface area contributed by atoms with Crippen LogP contribution in [0.4, 0.5) is 0 Å². The van der Waals surface area contributed by atoms with Crippen molar-refractivity contribution in [2.24, 2.45) is 4.99 Å². The zero-order valence-electron chi connectivity index (χ0n) is 10.6. The van der Waals surface area contributed by atoms with Crippen LogP contribution in [0.3, 0.4) is 0 Å². The van der Waals surface area contributed by atoms with Crippen molar-refractivity contribution in [3.05, 3.63) is 54.6 Å². The zero-order valence-corrected chi connectivity index (χ0v) is 11.4. The minimum atomic E-state index is 0.456. The lowest BCUT2D eigenvalue weighted by atomic mass is 10.1. The summed E-state index contributed by atoms with van der Waals surface area (Å²) < 4.78 is 2.06. The molecule has 0 radical (unpaired) electrons. The first-order valence-electron chi connectivity index (χ1n) is 6.37. The summed E-state index contributed by atoms with van der Waals surface area (Å²) >= 11 is 1.81. The molecule has 0 fully saturated rings. The molecule has 2 aromatic rings. The molecule has 5 heteroatoms. The fourth-order valence-corrected chi connectivity index (χ4v) is 3.07. The molecule has 0 amide bonds. The Bertz CT molecular complexity index is 536. The summed E-state index contributed by atoms with van der Waals surface area (Å²) in [5.74, 6) is 0. The molecule has 1 aliphatic heterocycles. The smallest absolute Gasteiger partial charge is 0.157 e. The maximum Gasteiger partial charge on any atom is 0.157 e. The van der Waals surface area contributed by atoms with E-state index in [1.54, 1.807) is 6.20 Å². The van der Waals surface area contributed by atoms with Gasteiger partial charge in [-0.15, -0.1) is 0 Å². The maximum atomic E-state index is 4.56. The fourth-order valence-electron chi connectivity index (χ4n) is 2.02. The van der Waals surface area contributed by atoms with E-state index in [0.29, 0.717) is 5.25 Å².